The molecule has 0 aliphatic heterocycles. The molecule has 2 bridgehead atoms. The molecule has 2 aliphatic carbocycles. The lowest BCUT2D eigenvalue weighted by Crippen LogP contribution is -2.28. The van der Waals surface area contributed by atoms with Gasteiger partial charge >= 0.3 is 0 Å². The highest BCUT2D eigenvalue weighted by molar-refractivity contribution is 5.24. The maximum Gasteiger partial charge on any atom is 0.123 e. The van der Waals surface area contributed by atoms with Crippen LogP contribution in [0.2, 0.25) is 0 Å². The summed E-state index contributed by atoms with van der Waals surface area (Å²) >= 11 is 0. The lowest BCUT2D eigenvalue weighted by molar-refractivity contribution is 0.214. The minimum absolute atomic E-state index is 0.170. The molecule has 20 heavy (non-hydrogen) atoms. The Morgan fingerprint density at radius 3 is 2.65 bits per heavy atom. The van der Waals surface area contributed by atoms with Crippen LogP contribution in [0.1, 0.15) is 36.8 Å². The molecule has 2 N–H and O–H groups in total. The third-order valence-electron chi connectivity index (χ3n) is 5.14. The average Bonchev–Trinajstić information content (AvgIpc) is 2.99. The minimum atomic E-state index is -0.170. The van der Waals surface area contributed by atoms with Crippen molar-refractivity contribution in [2.24, 2.45) is 23.5 Å². The molecule has 3 atom stereocenters. The van der Waals surface area contributed by atoms with Gasteiger partial charge in [0.2, 0.25) is 0 Å². The van der Waals surface area contributed by atoms with Crippen molar-refractivity contribution in [3.05, 3.63) is 35.1 Å². The van der Waals surface area contributed by atoms with E-state index in [2.05, 4.69) is 11.9 Å². The maximum absolute atomic E-state index is 13.5. The molecule has 0 spiro atoms. The van der Waals surface area contributed by atoms with Gasteiger partial charge in [-0.1, -0.05) is 12.5 Å². The number of benzene rings is 1. The van der Waals surface area contributed by atoms with Gasteiger partial charge in [0.25, 0.3) is 0 Å². The molecule has 110 valence electrons. The molecule has 0 radical (unpaired) electrons. The van der Waals surface area contributed by atoms with Crippen molar-refractivity contribution < 1.29 is 4.39 Å². The highest BCUT2D eigenvalue weighted by Gasteiger charge is 2.39. The van der Waals surface area contributed by atoms with Gasteiger partial charge in [0.05, 0.1) is 0 Å². The second-order valence-corrected chi connectivity index (χ2v) is 6.80. The molecular formula is C17H25FN2. The standard InChI is InChI=1S/C17H25FN2/c1-20(11-16-6-12-2-3-15(16)5-12)10-14-4-13(9-19)7-17(18)8-14/h4,7-8,12,15-16H,2-3,5-6,9-11,19H2,1H3. The monoisotopic (exact) mass is 276 g/mol. The van der Waals surface area contributed by atoms with Gasteiger partial charge in [0.1, 0.15) is 5.82 Å². The van der Waals surface area contributed by atoms with Crippen LogP contribution in [-0.2, 0) is 13.1 Å². The zero-order chi connectivity index (χ0) is 14.1. The fourth-order valence-corrected chi connectivity index (χ4v) is 4.30. The summed E-state index contributed by atoms with van der Waals surface area (Å²) in [6.45, 7) is 2.37. The number of rotatable bonds is 5. The van der Waals surface area contributed by atoms with Crippen molar-refractivity contribution in [2.75, 3.05) is 13.6 Å². The third kappa shape index (κ3) is 3.04. The molecule has 0 aromatic heterocycles. The first-order valence-electron chi connectivity index (χ1n) is 7.81. The lowest BCUT2D eigenvalue weighted by atomic mass is 9.88. The van der Waals surface area contributed by atoms with Crippen molar-refractivity contribution in [3.8, 4) is 0 Å². The lowest BCUT2D eigenvalue weighted by Gasteiger charge is -2.27. The number of hydrogen-bond acceptors (Lipinski definition) is 2. The van der Waals surface area contributed by atoms with Crippen molar-refractivity contribution in [2.45, 2.75) is 38.8 Å². The molecule has 2 nitrogen and oxygen atoms in total. The van der Waals surface area contributed by atoms with Crippen LogP contribution in [0.3, 0.4) is 0 Å². The van der Waals surface area contributed by atoms with E-state index in [0.717, 1.165) is 42.0 Å². The van der Waals surface area contributed by atoms with Crippen molar-refractivity contribution in [1.82, 2.24) is 4.90 Å². The quantitative estimate of drug-likeness (QED) is 0.895. The van der Waals surface area contributed by atoms with Crippen LogP contribution in [-0.4, -0.2) is 18.5 Å². The summed E-state index contributed by atoms with van der Waals surface area (Å²) in [5, 5.41) is 0. The Bertz CT molecular complexity index is 474. The zero-order valence-corrected chi connectivity index (χ0v) is 12.3. The predicted molar refractivity (Wildman–Crippen MR) is 79.6 cm³/mol. The maximum atomic E-state index is 13.5. The van der Waals surface area contributed by atoms with Gasteiger partial charge in [-0.3, -0.25) is 0 Å². The first-order chi connectivity index (χ1) is 9.64. The minimum Gasteiger partial charge on any atom is -0.326 e. The fraction of sp³-hybridized carbons (Fsp3) is 0.647. The van der Waals surface area contributed by atoms with Crippen LogP contribution in [0, 0.1) is 23.6 Å². The SMILES string of the molecule is CN(Cc1cc(F)cc(CN)c1)CC1CC2CCC1C2. The Labute approximate surface area is 121 Å². The number of nitrogens with two attached hydrogens (primary N) is 1. The largest absolute Gasteiger partial charge is 0.326 e. The van der Waals surface area contributed by atoms with Crippen LogP contribution in [0.5, 0.6) is 0 Å². The van der Waals surface area contributed by atoms with Gasteiger partial charge in [0, 0.05) is 19.6 Å². The van der Waals surface area contributed by atoms with E-state index in [-0.39, 0.29) is 5.82 Å². The molecule has 2 aliphatic rings. The Hall–Kier alpha value is -0.930. The molecule has 3 heteroatoms. The van der Waals surface area contributed by atoms with Gasteiger partial charge in [0.15, 0.2) is 0 Å². The number of halogens is 1. The Morgan fingerprint density at radius 2 is 2.00 bits per heavy atom. The number of hydrogen-bond donors (Lipinski definition) is 1. The normalized spacial score (nSPS) is 28.5. The molecule has 3 rings (SSSR count). The smallest absolute Gasteiger partial charge is 0.123 e. The van der Waals surface area contributed by atoms with Gasteiger partial charge < -0.3 is 10.6 Å². The van der Waals surface area contributed by atoms with Crippen molar-refractivity contribution >= 4 is 0 Å². The van der Waals surface area contributed by atoms with Crippen LogP contribution >= 0.6 is 0 Å². The van der Waals surface area contributed by atoms with E-state index in [1.54, 1.807) is 6.07 Å². The molecule has 3 unspecified atom stereocenters. The predicted octanol–water partition coefficient (Wildman–Crippen LogP) is 3.15. The Morgan fingerprint density at radius 1 is 1.20 bits per heavy atom. The van der Waals surface area contributed by atoms with E-state index in [4.69, 9.17) is 5.73 Å². The fourth-order valence-electron chi connectivity index (χ4n) is 4.30. The molecule has 0 amide bonds. The van der Waals surface area contributed by atoms with E-state index < -0.39 is 0 Å². The highest BCUT2D eigenvalue weighted by atomic mass is 19.1. The summed E-state index contributed by atoms with van der Waals surface area (Å²) in [7, 11) is 2.15. The van der Waals surface area contributed by atoms with Crippen molar-refractivity contribution in [1.29, 1.82) is 0 Å². The van der Waals surface area contributed by atoms with Crippen molar-refractivity contribution in [3.63, 3.8) is 0 Å². The molecule has 1 aromatic carbocycles. The number of nitrogens with zero attached hydrogens (tertiary/aromatic N) is 1. The van der Waals surface area contributed by atoms with E-state index in [0.29, 0.717) is 6.54 Å². The summed E-state index contributed by atoms with van der Waals surface area (Å²) in [5.41, 5.74) is 7.53. The second-order valence-electron chi connectivity index (χ2n) is 6.80. The van der Waals surface area contributed by atoms with E-state index in [1.807, 2.05) is 6.07 Å². The van der Waals surface area contributed by atoms with Crippen LogP contribution in [0.15, 0.2) is 18.2 Å². The Kier molecular flexibility index (Phi) is 4.08. The average molecular weight is 276 g/mol. The van der Waals surface area contributed by atoms with E-state index in [1.165, 1.54) is 31.7 Å². The molecule has 1 aromatic rings. The second kappa shape index (κ2) is 5.82. The summed E-state index contributed by atoms with van der Waals surface area (Å²) in [6.07, 6.45) is 5.75. The van der Waals surface area contributed by atoms with Crippen LogP contribution < -0.4 is 5.73 Å². The summed E-state index contributed by atoms with van der Waals surface area (Å²) in [6, 6.07) is 5.19. The molecule has 0 saturated heterocycles. The summed E-state index contributed by atoms with van der Waals surface area (Å²) < 4.78 is 13.5. The van der Waals surface area contributed by atoms with E-state index >= 15 is 0 Å². The van der Waals surface area contributed by atoms with Crippen LogP contribution in [0.4, 0.5) is 4.39 Å². The summed E-state index contributed by atoms with van der Waals surface area (Å²) in [4.78, 5) is 2.35. The number of fused-ring (bicyclic) bond motifs is 2. The molecular weight excluding hydrogens is 251 g/mol. The van der Waals surface area contributed by atoms with Gasteiger partial charge in [-0.25, -0.2) is 4.39 Å². The van der Waals surface area contributed by atoms with Gasteiger partial charge in [-0.05, 0) is 67.3 Å². The highest BCUT2D eigenvalue weighted by Crippen LogP contribution is 2.48. The summed E-state index contributed by atoms with van der Waals surface area (Å²) in [5.74, 6) is 2.64. The van der Waals surface area contributed by atoms with Crippen LogP contribution in [0.25, 0.3) is 0 Å². The Balaban J connectivity index is 1.58. The van der Waals surface area contributed by atoms with Gasteiger partial charge in [-0.15, -0.1) is 0 Å². The zero-order valence-electron chi connectivity index (χ0n) is 12.3. The van der Waals surface area contributed by atoms with Gasteiger partial charge in [-0.2, -0.15) is 0 Å². The third-order valence-corrected chi connectivity index (χ3v) is 5.14. The molecule has 0 heterocycles. The molecule has 2 saturated carbocycles. The first-order valence-corrected chi connectivity index (χ1v) is 7.81. The topological polar surface area (TPSA) is 29.3 Å². The first kappa shape index (κ1) is 14.0. The van der Waals surface area contributed by atoms with E-state index in [9.17, 15) is 4.39 Å². The molecule has 2 fully saturated rings.